The number of nitrogens with zero attached hydrogens (tertiary/aromatic N) is 2. The van der Waals surface area contributed by atoms with Gasteiger partial charge in [0.1, 0.15) is 0 Å². The van der Waals surface area contributed by atoms with Gasteiger partial charge in [0.25, 0.3) is 0 Å². The molecule has 0 bridgehead atoms. The second-order valence-corrected chi connectivity index (χ2v) is 4.41. The number of anilines is 1. The Balaban J connectivity index is 2.11. The van der Waals surface area contributed by atoms with E-state index >= 15 is 0 Å². The van der Waals surface area contributed by atoms with Gasteiger partial charge in [0.15, 0.2) is 0 Å². The third-order valence-corrected chi connectivity index (χ3v) is 3.04. The maximum Gasteiger partial charge on any atom is 0.336 e. The van der Waals surface area contributed by atoms with Crippen molar-refractivity contribution in [2.24, 2.45) is 5.10 Å². The standard InChI is InChI=1S/C12H11N3O2S/c1-8-7-18-12(14-8)15-13-6-9-4-2-3-5-10(9)11(16)17/h2-7H,1H3,(H,14,15)(H,16,17). The summed E-state index contributed by atoms with van der Waals surface area (Å²) in [6.45, 7) is 1.89. The average molecular weight is 261 g/mol. The van der Waals surface area contributed by atoms with Crippen molar-refractivity contribution < 1.29 is 9.90 Å². The van der Waals surface area contributed by atoms with Crippen LogP contribution in [0.2, 0.25) is 0 Å². The minimum atomic E-state index is -0.970. The maximum absolute atomic E-state index is 11.0. The monoisotopic (exact) mass is 261 g/mol. The fraction of sp³-hybridized carbons (Fsp3) is 0.0833. The van der Waals surface area contributed by atoms with Crippen molar-refractivity contribution in [1.29, 1.82) is 0 Å². The second kappa shape index (κ2) is 5.42. The Morgan fingerprint density at radius 3 is 2.94 bits per heavy atom. The van der Waals surface area contributed by atoms with Gasteiger partial charge in [-0.3, -0.25) is 5.43 Å². The molecule has 0 aliphatic heterocycles. The Bertz CT molecular complexity index is 593. The fourth-order valence-electron chi connectivity index (χ4n) is 1.37. The molecular weight excluding hydrogens is 250 g/mol. The summed E-state index contributed by atoms with van der Waals surface area (Å²) >= 11 is 1.44. The van der Waals surface area contributed by atoms with Crippen molar-refractivity contribution in [3.8, 4) is 0 Å². The largest absolute Gasteiger partial charge is 0.478 e. The van der Waals surface area contributed by atoms with E-state index in [1.807, 2.05) is 12.3 Å². The van der Waals surface area contributed by atoms with Gasteiger partial charge >= 0.3 is 5.97 Å². The topological polar surface area (TPSA) is 74.6 Å². The summed E-state index contributed by atoms with van der Waals surface area (Å²) < 4.78 is 0. The lowest BCUT2D eigenvalue weighted by Gasteiger charge is -1.99. The summed E-state index contributed by atoms with van der Waals surface area (Å²) in [5, 5.41) is 15.6. The van der Waals surface area contributed by atoms with E-state index in [0.717, 1.165) is 5.69 Å². The summed E-state index contributed by atoms with van der Waals surface area (Å²) in [4.78, 5) is 15.1. The van der Waals surface area contributed by atoms with E-state index in [1.54, 1.807) is 18.2 Å². The van der Waals surface area contributed by atoms with Crippen LogP contribution in [-0.4, -0.2) is 22.3 Å². The summed E-state index contributed by atoms with van der Waals surface area (Å²) in [6.07, 6.45) is 1.47. The van der Waals surface area contributed by atoms with Crippen molar-refractivity contribution >= 4 is 28.7 Å². The van der Waals surface area contributed by atoms with E-state index in [0.29, 0.717) is 10.7 Å². The minimum Gasteiger partial charge on any atom is -0.478 e. The van der Waals surface area contributed by atoms with Crippen LogP contribution in [0.5, 0.6) is 0 Å². The first-order chi connectivity index (χ1) is 8.66. The van der Waals surface area contributed by atoms with Crippen LogP contribution in [0.1, 0.15) is 21.6 Å². The highest BCUT2D eigenvalue weighted by Gasteiger charge is 2.06. The zero-order chi connectivity index (χ0) is 13.0. The summed E-state index contributed by atoms with van der Waals surface area (Å²) in [5.41, 5.74) is 4.45. The molecule has 0 spiro atoms. The van der Waals surface area contributed by atoms with Crippen molar-refractivity contribution in [3.63, 3.8) is 0 Å². The molecule has 0 saturated heterocycles. The van der Waals surface area contributed by atoms with Crippen LogP contribution in [0, 0.1) is 6.92 Å². The Morgan fingerprint density at radius 1 is 1.50 bits per heavy atom. The van der Waals surface area contributed by atoms with Gasteiger partial charge in [-0.25, -0.2) is 9.78 Å². The van der Waals surface area contributed by atoms with Crippen LogP contribution in [0.3, 0.4) is 0 Å². The molecule has 6 heteroatoms. The van der Waals surface area contributed by atoms with Gasteiger partial charge in [0.05, 0.1) is 17.5 Å². The molecule has 1 aromatic heterocycles. The lowest BCUT2D eigenvalue weighted by atomic mass is 10.1. The van der Waals surface area contributed by atoms with Crippen LogP contribution >= 0.6 is 11.3 Å². The Hall–Kier alpha value is -2.21. The van der Waals surface area contributed by atoms with E-state index in [-0.39, 0.29) is 5.56 Å². The lowest BCUT2D eigenvalue weighted by molar-refractivity contribution is 0.0697. The number of hydrazone groups is 1. The van der Waals surface area contributed by atoms with Gasteiger partial charge in [-0.15, -0.1) is 11.3 Å². The quantitative estimate of drug-likeness (QED) is 0.655. The molecular formula is C12H11N3O2S. The highest BCUT2D eigenvalue weighted by atomic mass is 32.1. The Labute approximate surface area is 108 Å². The highest BCUT2D eigenvalue weighted by molar-refractivity contribution is 7.13. The number of benzene rings is 1. The van der Waals surface area contributed by atoms with Crippen molar-refractivity contribution in [1.82, 2.24) is 4.98 Å². The molecule has 2 aromatic rings. The van der Waals surface area contributed by atoms with Gasteiger partial charge in [0, 0.05) is 10.9 Å². The molecule has 18 heavy (non-hydrogen) atoms. The third kappa shape index (κ3) is 2.92. The molecule has 0 atom stereocenters. The first kappa shape index (κ1) is 12.3. The number of carbonyl (C=O) groups is 1. The molecule has 1 aromatic carbocycles. The SMILES string of the molecule is Cc1csc(NN=Cc2ccccc2C(=O)O)n1. The Morgan fingerprint density at radius 2 is 2.28 bits per heavy atom. The normalized spacial score (nSPS) is 10.7. The molecule has 0 saturated carbocycles. The van der Waals surface area contributed by atoms with E-state index in [4.69, 9.17) is 5.11 Å². The summed E-state index contributed by atoms with van der Waals surface area (Å²) in [7, 11) is 0. The molecule has 0 aliphatic carbocycles. The third-order valence-electron chi connectivity index (χ3n) is 2.17. The number of carboxylic acid groups (broad SMARTS) is 1. The van der Waals surface area contributed by atoms with Gasteiger partial charge < -0.3 is 5.11 Å². The smallest absolute Gasteiger partial charge is 0.336 e. The first-order valence-corrected chi connectivity index (χ1v) is 6.08. The molecule has 0 radical (unpaired) electrons. The van der Waals surface area contributed by atoms with Crippen LogP contribution < -0.4 is 5.43 Å². The van der Waals surface area contributed by atoms with E-state index < -0.39 is 5.97 Å². The van der Waals surface area contributed by atoms with Crippen LogP contribution in [0.25, 0.3) is 0 Å². The molecule has 0 unspecified atom stereocenters. The van der Waals surface area contributed by atoms with Gasteiger partial charge in [0.2, 0.25) is 5.13 Å². The molecule has 92 valence electrons. The number of carboxylic acids is 1. The van der Waals surface area contributed by atoms with E-state index in [1.165, 1.54) is 23.6 Å². The van der Waals surface area contributed by atoms with Gasteiger partial charge in [-0.05, 0) is 13.0 Å². The molecule has 1 heterocycles. The summed E-state index contributed by atoms with van der Waals surface area (Å²) in [6, 6.07) is 6.68. The minimum absolute atomic E-state index is 0.221. The first-order valence-electron chi connectivity index (χ1n) is 5.20. The van der Waals surface area contributed by atoms with Crippen molar-refractivity contribution in [2.45, 2.75) is 6.92 Å². The highest BCUT2D eigenvalue weighted by Crippen LogP contribution is 2.14. The number of rotatable bonds is 4. The fourth-order valence-corrected chi connectivity index (χ4v) is 2.00. The molecule has 0 aliphatic rings. The average Bonchev–Trinajstić information content (AvgIpc) is 2.75. The number of aromatic carboxylic acids is 1. The second-order valence-electron chi connectivity index (χ2n) is 3.56. The zero-order valence-corrected chi connectivity index (χ0v) is 10.4. The predicted molar refractivity (Wildman–Crippen MR) is 71.5 cm³/mol. The number of nitrogens with one attached hydrogen (secondary N) is 1. The molecule has 0 amide bonds. The van der Waals surface area contributed by atoms with E-state index in [9.17, 15) is 4.79 Å². The van der Waals surface area contributed by atoms with Gasteiger partial charge in [-0.1, -0.05) is 18.2 Å². The number of hydrogen-bond acceptors (Lipinski definition) is 5. The number of thiazole rings is 1. The van der Waals surface area contributed by atoms with E-state index in [2.05, 4.69) is 15.5 Å². The van der Waals surface area contributed by atoms with Crippen molar-refractivity contribution in [2.75, 3.05) is 5.43 Å². The number of aryl methyl sites for hydroxylation is 1. The maximum atomic E-state index is 11.0. The molecule has 2 N–H and O–H groups in total. The predicted octanol–water partition coefficient (Wildman–Crippen LogP) is 2.60. The Kier molecular flexibility index (Phi) is 3.69. The van der Waals surface area contributed by atoms with Gasteiger partial charge in [-0.2, -0.15) is 5.10 Å². The number of hydrogen-bond donors (Lipinski definition) is 2. The molecule has 0 fully saturated rings. The molecule has 5 nitrogen and oxygen atoms in total. The number of aromatic nitrogens is 1. The summed E-state index contributed by atoms with van der Waals surface area (Å²) in [5.74, 6) is -0.970. The van der Waals surface area contributed by atoms with Crippen LogP contribution in [-0.2, 0) is 0 Å². The lowest BCUT2D eigenvalue weighted by Crippen LogP contribution is -2.02. The zero-order valence-electron chi connectivity index (χ0n) is 9.62. The van der Waals surface area contributed by atoms with Crippen LogP contribution in [0.4, 0.5) is 5.13 Å². The van der Waals surface area contributed by atoms with Crippen molar-refractivity contribution in [3.05, 3.63) is 46.5 Å². The van der Waals surface area contributed by atoms with Crippen LogP contribution in [0.15, 0.2) is 34.7 Å². The molecule has 2 rings (SSSR count).